The van der Waals surface area contributed by atoms with E-state index in [9.17, 15) is 14.7 Å². The van der Waals surface area contributed by atoms with Gasteiger partial charge in [0, 0.05) is 13.1 Å². The highest BCUT2D eigenvalue weighted by molar-refractivity contribution is 5.73. The van der Waals surface area contributed by atoms with Gasteiger partial charge in [0.05, 0.1) is 18.1 Å². The zero-order valence-corrected chi connectivity index (χ0v) is 13.5. The van der Waals surface area contributed by atoms with E-state index in [4.69, 9.17) is 9.84 Å². The van der Waals surface area contributed by atoms with Gasteiger partial charge < -0.3 is 25.2 Å². The highest BCUT2D eigenvalue weighted by Crippen LogP contribution is 2.30. The maximum atomic E-state index is 12.0. The molecule has 2 aliphatic rings. The van der Waals surface area contributed by atoms with Gasteiger partial charge in [-0.2, -0.15) is 0 Å². The Bertz CT molecular complexity index is 434. The minimum absolute atomic E-state index is 0.0262. The first-order valence-corrected chi connectivity index (χ1v) is 7.71. The molecule has 1 saturated heterocycles. The van der Waals surface area contributed by atoms with E-state index in [0.29, 0.717) is 25.6 Å². The topological polar surface area (TPSA) is 99.1 Å². The van der Waals surface area contributed by atoms with E-state index in [1.54, 1.807) is 20.8 Å². The highest BCUT2D eigenvalue weighted by atomic mass is 16.6. The smallest absolute Gasteiger partial charge is 0.410 e. The molecular formula is C15H26N2O5. The third-order valence-electron chi connectivity index (χ3n) is 4.10. The Labute approximate surface area is 130 Å². The molecule has 0 bridgehead atoms. The van der Waals surface area contributed by atoms with Gasteiger partial charge in [-0.15, -0.1) is 0 Å². The van der Waals surface area contributed by atoms with Crippen molar-refractivity contribution >= 4 is 12.1 Å². The number of carboxylic acids is 1. The number of carbonyl (C=O) groups excluding carboxylic acids is 1. The number of likely N-dealkylation sites (tertiary alicyclic amines) is 1. The van der Waals surface area contributed by atoms with Crippen molar-refractivity contribution in [1.29, 1.82) is 0 Å². The lowest BCUT2D eigenvalue weighted by Gasteiger charge is -2.50. The molecular weight excluding hydrogens is 288 g/mol. The van der Waals surface area contributed by atoms with E-state index in [-0.39, 0.29) is 12.5 Å². The van der Waals surface area contributed by atoms with Crippen molar-refractivity contribution in [1.82, 2.24) is 10.2 Å². The molecule has 0 atom stereocenters. The first-order valence-electron chi connectivity index (χ1n) is 7.71. The van der Waals surface area contributed by atoms with Crippen molar-refractivity contribution < 1.29 is 24.5 Å². The van der Waals surface area contributed by atoms with Crippen LogP contribution in [0.15, 0.2) is 0 Å². The molecule has 0 spiro atoms. The number of rotatable bonds is 5. The largest absolute Gasteiger partial charge is 0.481 e. The number of aliphatic carboxylic acids is 1. The summed E-state index contributed by atoms with van der Waals surface area (Å²) in [7, 11) is 0. The van der Waals surface area contributed by atoms with E-state index >= 15 is 0 Å². The van der Waals surface area contributed by atoms with Gasteiger partial charge >= 0.3 is 12.1 Å². The minimum atomic E-state index is -0.884. The first kappa shape index (κ1) is 17.0. The maximum absolute atomic E-state index is 12.0. The molecule has 0 aromatic carbocycles. The summed E-state index contributed by atoms with van der Waals surface area (Å²) in [4.78, 5) is 24.6. The van der Waals surface area contributed by atoms with Gasteiger partial charge in [-0.3, -0.25) is 4.79 Å². The predicted molar refractivity (Wildman–Crippen MR) is 79.5 cm³/mol. The Morgan fingerprint density at radius 2 is 1.91 bits per heavy atom. The van der Waals surface area contributed by atoms with Crippen LogP contribution in [0.1, 0.15) is 40.0 Å². The molecule has 0 radical (unpaired) electrons. The molecule has 126 valence electrons. The molecule has 7 nitrogen and oxygen atoms in total. The maximum Gasteiger partial charge on any atom is 0.410 e. The van der Waals surface area contributed by atoms with Crippen LogP contribution in [0.3, 0.4) is 0 Å². The van der Waals surface area contributed by atoms with Gasteiger partial charge in [-0.05, 0) is 46.1 Å². The Kier molecular flexibility index (Phi) is 4.67. The second kappa shape index (κ2) is 6.04. The standard InChI is InChI=1S/C15H26N2O5/c1-14(2,3)22-13(21)17-8-15(9-17,6-12(19)20)16-7-10-4-11(18)5-10/h10-11,16,18H,4-9H2,1-3H3,(H,19,20). The molecule has 2 rings (SSSR count). The van der Waals surface area contributed by atoms with Crippen molar-refractivity contribution in [2.45, 2.75) is 57.3 Å². The number of carboxylic acid groups (broad SMARTS) is 1. The molecule has 0 unspecified atom stereocenters. The van der Waals surface area contributed by atoms with Crippen LogP contribution in [0, 0.1) is 5.92 Å². The molecule has 1 aliphatic carbocycles. The zero-order chi connectivity index (χ0) is 16.5. The summed E-state index contributed by atoms with van der Waals surface area (Å²) in [5.41, 5.74) is -1.14. The van der Waals surface area contributed by atoms with Crippen molar-refractivity contribution in [3.05, 3.63) is 0 Å². The average Bonchev–Trinajstić information content (AvgIpc) is 2.25. The summed E-state index contributed by atoms with van der Waals surface area (Å²) in [6.45, 7) is 6.75. The summed E-state index contributed by atoms with van der Waals surface area (Å²) in [5.74, 6) is -0.499. The normalized spacial score (nSPS) is 26.8. The van der Waals surface area contributed by atoms with Crippen molar-refractivity contribution in [3.8, 4) is 0 Å². The number of hydrogen-bond donors (Lipinski definition) is 3. The highest BCUT2D eigenvalue weighted by Gasteiger charge is 2.48. The average molecular weight is 314 g/mol. The van der Waals surface area contributed by atoms with Crippen molar-refractivity contribution in [3.63, 3.8) is 0 Å². The summed E-state index contributed by atoms with van der Waals surface area (Å²) in [6.07, 6.45) is 0.857. The summed E-state index contributed by atoms with van der Waals surface area (Å²) in [6, 6.07) is 0. The number of hydrogen-bond acceptors (Lipinski definition) is 5. The monoisotopic (exact) mass is 314 g/mol. The van der Waals surface area contributed by atoms with Gasteiger partial charge in [0.15, 0.2) is 0 Å². The minimum Gasteiger partial charge on any atom is -0.481 e. The molecule has 0 aromatic heterocycles. The van der Waals surface area contributed by atoms with Crippen LogP contribution in [0.2, 0.25) is 0 Å². The summed E-state index contributed by atoms with van der Waals surface area (Å²) < 4.78 is 5.29. The number of nitrogens with zero attached hydrogens (tertiary/aromatic N) is 1. The molecule has 7 heteroatoms. The third-order valence-corrected chi connectivity index (χ3v) is 4.10. The van der Waals surface area contributed by atoms with E-state index in [1.807, 2.05) is 0 Å². The number of amides is 1. The fourth-order valence-electron chi connectivity index (χ4n) is 2.94. The SMILES string of the molecule is CC(C)(C)OC(=O)N1CC(CC(=O)O)(NCC2CC(O)C2)C1. The molecule has 1 amide bonds. The lowest BCUT2D eigenvalue weighted by molar-refractivity contribution is -0.141. The van der Waals surface area contributed by atoms with Gasteiger partial charge in [0.2, 0.25) is 0 Å². The molecule has 22 heavy (non-hydrogen) atoms. The van der Waals surface area contributed by atoms with Crippen LogP contribution in [-0.2, 0) is 9.53 Å². The first-order chi connectivity index (χ1) is 10.1. The van der Waals surface area contributed by atoms with Crippen molar-refractivity contribution in [2.24, 2.45) is 5.92 Å². The van der Waals surface area contributed by atoms with Crippen LogP contribution >= 0.6 is 0 Å². The Morgan fingerprint density at radius 1 is 1.32 bits per heavy atom. The Hall–Kier alpha value is -1.34. The van der Waals surface area contributed by atoms with Crippen LogP contribution < -0.4 is 5.32 Å². The lowest BCUT2D eigenvalue weighted by atomic mass is 9.80. The van der Waals surface area contributed by atoms with E-state index in [1.165, 1.54) is 4.90 Å². The predicted octanol–water partition coefficient (Wildman–Crippen LogP) is 0.811. The number of nitrogens with one attached hydrogen (secondary N) is 1. The fraction of sp³-hybridized carbons (Fsp3) is 0.867. The zero-order valence-electron chi connectivity index (χ0n) is 13.5. The number of carbonyl (C=O) groups is 2. The van der Waals surface area contributed by atoms with E-state index in [0.717, 1.165) is 12.8 Å². The number of aliphatic hydroxyl groups excluding tert-OH is 1. The van der Waals surface area contributed by atoms with Crippen LogP contribution in [0.4, 0.5) is 4.79 Å². The van der Waals surface area contributed by atoms with Crippen LogP contribution in [-0.4, -0.2) is 64.1 Å². The van der Waals surface area contributed by atoms with E-state index < -0.39 is 23.2 Å². The van der Waals surface area contributed by atoms with Gasteiger partial charge in [-0.1, -0.05) is 0 Å². The van der Waals surface area contributed by atoms with Gasteiger partial charge in [0.25, 0.3) is 0 Å². The second-order valence-electron chi connectivity index (χ2n) is 7.56. The lowest BCUT2D eigenvalue weighted by Crippen LogP contribution is -2.72. The quantitative estimate of drug-likeness (QED) is 0.694. The molecule has 2 fully saturated rings. The fourth-order valence-corrected chi connectivity index (χ4v) is 2.94. The molecule has 1 heterocycles. The van der Waals surface area contributed by atoms with E-state index in [2.05, 4.69) is 5.32 Å². The molecule has 0 aromatic rings. The van der Waals surface area contributed by atoms with Crippen molar-refractivity contribution in [2.75, 3.05) is 19.6 Å². The molecule has 3 N–H and O–H groups in total. The number of ether oxygens (including phenoxy) is 1. The van der Waals surface area contributed by atoms with Crippen LogP contribution in [0.25, 0.3) is 0 Å². The van der Waals surface area contributed by atoms with Gasteiger partial charge in [-0.25, -0.2) is 4.79 Å². The summed E-state index contributed by atoms with van der Waals surface area (Å²) >= 11 is 0. The molecule has 1 saturated carbocycles. The Balaban J connectivity index is 1.84. The van der Waals surface area contributed by atoms with Crippen LogP contribution in [0.5, 0.6) is 0 Å². The second-order valence-corrected chi connectivity index (χ2v) is 7.56. The Morgan fingerprint density at radius 3 is 2.36 bits per heavy atom. The molecule has 1 aliphatic heterocycles. The summed E-state index contributed by atoms with van der Waals surface area (Å²) in [5, 5.41) is 21.7. The number of aliphatic hydroxyl groups is 1. The third kappa shape index (κ3) is 4.33. The van der Waals surface area contributed by atoms with Gasteiger partial charge in [0.1, 0.15) is 5.60 Å².